The number of carbonyl (C=O) groups excluding carboxylic acids is 1. The van der Waals surface area contributed by atoms with Crippen molar-refractivity contribution >= 4 is 17.9 Å². The fourth-order valence-electron chi connectivity index (χ4n) is 2.64. The third-order valence-electron chi connectivity index (χ3n) is 4.58. The van der Waals surface area contributed by atoms with Crippen LogP contribution in [0, 0.1) is 0 Å². The number of aliphatic hydroxyl groups is 1. The predicted octanol–water partition coefficient (Wildman–Crippen LogP) is -3.77. The van der Waals surface area contributed by atoms with Crippen LogP contribution in [0.4, 0.5) is 0 Å². The van der Waals surface area contributed by atoms with Gasteiger partial charge < -0.3 is 25.2 Å². The molecule has 152 valence electrons. The molecule has 0 aromatic carbocycles. The molecule has 3 N–H and O–H groups in total. The van der Waals surface area contributed by atoms with E-state index in [1.54, 1.807) is 0 Å². The SMILES string of the molecule is CCCCC(O)CN(CCN(C(C)C(=O)O)C(C)C(=O)O)C(C)C(=O)[O-].[K+]. The van der Waals surface area contributed by atoms with Crippen molar-refractivity contribution in [2.75, 3.05) is 19.6 Å². The van der Waals surface area contributed by atoms with Gasteiger partial charge in [-0.1, -0.05) is 19.8 Å². The number of carboxylic acids is 3. The van der Waals surface area contributed by atoms with Gasteiger partial charge in [-0.05, 0) is 27.2 Å². The summed E-state index contributed by atoms with van der Waals surface area (Å²) in [6.45, 7) is 6.37. The van der Waals surface area contributed by atoms with Crippen molar-refractivity contribution in [1.29, 1.82) is 0 Å². The normalized spacial score (nSPS) is 15.7. The zero-order valence-corrected chi connectivity index (χ0v) is 20.0. The van der Waals surface area contributed by atoms with Crippen LogP contribution < -0.4 is 56.5 Å². The molecule has 27 heavy (non-hydrogen) atoms. The van der Waals surface area contributed by atoms with E-state index < -0.39 is 42.1 Å². The average Bonchev–Trinajstić information content (AvgIpc) is 2.57. The van der Waals surface area contributed by atoms with Crippen LogP contribution in [-0.2, 0) is 14.4 Å². The van der Waals surface area contributed by atoms with E-state index in [0.717, 1.165) is 12.8 Å². The molecule has 0 radical (unpaired) electrons. The van der Waals surface area contributed by atoms with Crippen molar-refractivity contribution in [3.63, 3.8) is 0 Å². The van der Waals surface area contributed by atoms with Gasteiger partial charge in [0.1, 0.15) is 12.1 Å². The van der Waals surface area contributed by atoms with Gasteiger partial charge in [-0.25, -0.2) is 0 Å². The number of nitrogens with zero attached hydrogens (tertiary/aromatic N) is 2. The third kappa shape index (κ3) is 10.9. The molecule has 0 saturated carbocycles. The molecule has 0 aliphatic heterocycles. The second kappa shape index (κ2) is 14.9. The summed E-state index contributed by atoms with van der Waals surface area (Å²) >= 11 is 0. The molecule has 10 heteroatoms. The number of rotatable bonds is 14. The van der Waals surface area contributed by atoms with E-state index in [2.05, 4.69) is 0 Å². The number of hydrogen-bond donors (Lipinski definition) is 3. The number of carboxylic acid groups (broad SMARTS) is 3. The fourth-order valence-corrected chi connectivity index (χ4v) is 2.64. The summed E-state index contributed by atoms with van der Waals surface area (Å²) in [5, 5.41) is 39.7. The van der Waals surface area contributed by atoms with Crippen LogP contribution in [0.3, 0.4) is 0 Å². The van der Waals surface area contributed by atoms with Crippen molar-refractivity contribution in [2.45, 2.75) is 71.2 Å². The smallest absolute Gasteiger partial charge is 0.548 e. The van der Waals surface area contributed by atoms with Crippen molar-refractivity contribution in [1.82, 2.24) is 9.80 Å². The van der Waals surface area contributed by atoms with Crippen LogP contribution in [0.2, 0.25) is 0 Å². The average molecular weight is 415 g/mol. The van der Waals surface area contributed by atoms with Crippen LogP contribution in [0.5, 0.6) is 0 Å². The van der Waals surface area contributed by atoms with Gasteiger partial charge in [-0.15, -0.1) is 0 Å². The van der Waals surface area contributed by atoms with Gasteiger partial charge in [-0.2, -0.15) is 0 Å². The number of aliphatic hydroxyl groups excluding tert-OH is 1. The van der Waals surface area contributed by atoms with Crippen LogP contribution in [0.25, 0.3) is 0 Å². The topological polar surface area (TPSA) is 141 Å². The minimum absolute atomic E-state index is 0. The molecule has 0 aliphatic rings. The molecule has 0 bridgehead atoms. The first-order valence-corrected chi connectivity index (χ1v) is 8.87. The largest absolute Gasteiger partial charge is 1.00 e. The molecule has 0 rings (SSSR count). The molecule has 9 nitrogen and oxygen atoms in total. The summed E-state index contributed by atoms with van der Waals surface area (Å²) in [4.78, 5) is 36.5. The summed E-state index contributed by atoms with van der Waals surface area (Å²) in [6.07, 6.45) is 1.49. The molecular formula is C17H31KN2O7. The van der Waals surface area contributed by atoms with E-state index in [9.17, 15) is 34.8 Å². The second-order valence-electron chi connectivity index (χ2n) is 6.55. The van der Waals surface area contributed by atoms with Gasteiger partial charge in [-0.3, -0.25) is 19.4 Å². The number of unbranched alkanes of at least 4 members (excludes halogenated alkanes) is 1. The molecule has 4 atom stereocenters. The number of aliphatic carboxylic acids is 3. The van der Waals surface area contributed by atoms with Gasteiger partial charge in [0, 0.05) is 25.7 Å². The standard InChI is InChI=1S/C17H32N2O7.K/c1-5-6-7-14(20)10-18(11(2)15(21)22)8-9-19(12(3)16(23)24)13(4)17(25)26;/h11-14,20H,5-10H2,1-4H3,(H,21,22)(H,23,24)(H,25,26);/q;+1/p-1. The molecule has 0 aromatic rings. The molecular weight excluding hydrogens is 383 g/mol. The molecule has 0 aromatic heterocycles. The maximum Gasteiger partial charge on any atom is 1.00 e. The van der Waals surface area contributed by atoms with Crippen LogP contribution in [0.1, 0.15) is 47.0 Å². The summed E-state index contributed by atoms with van der Waals surface area (Å²) in [5.74, 6) is -3.64. The van der Waals surface area contributed by atoms with E-state index in [1.165, 1.54) is 30.6 Å². The first kappa shape index (κ1) is 29.1. The zero-order valence-electron chi connectivity index (χ0n) is 16.9. The van der Waals surface area contributed by atoms with Crippen molar-refractivity contribution in [2.24, 2.45) is 0 Å². The molecule has 0 heterocycles. The summed E-state index contributed by atoms with van der Waals surface area (Å²) in [7, 11) is 0. The minimum Gasteiger partial charge on any atom is -0.548 e. The molecule has 0 amide bonds. The van der Waals surface area contributed by atoms with E-state index in [0.29, 0.717) is 6.42 Å². The Balaban J connectivity index is 0. The molecule has 0 aliphatic carbocycles. The molecule has 0 saturated heterocycles. The Kier molecular flexibility index (Phi) is 16.0. The van der Waals surface area contributed by atoms with Crippen LogP contribution in [0.15, 0.2) is 0 Å². The van der Waals surface area contributed by atoms with Crippen molar-refractivity contribution < 1.29 is 86.2 Å². The first-order chi connectivity index (χ1) is 12.0. The summed E-state index contributed by atoms with van der Waals surface area (Å²) in [6, 6.07) is -3.09. The Hall–Kier alpha value is -0.0736. The van der Waals surface area contributed by atoms with Gasteiger partial charge in [0.2, 0.25) is 0 Å². The fraction of sp³-hybridized carbons (Fsp3) is 0.824. The van der Waals surface area contributed by atoms with E-state index in [4.69, 9.17) is 0 Å². The predicted molar refractivity (Wildman–Crippen MR) is 92.5 cm³/mol. The van der Waals surface area contributed by atoms with Crippen LogP contribution in [-0.4, -0.2) is 86.9 Å². The summed E-state index contributed by atoms with van der Waals surface area (Å²) in [5.41, 5.74) is 0. The number of hydrogen-bond acceptors (Lipinski definition) is 7. The maximum absolute atomic E-state index is 11.3. The quantitative estimate of drug-likeness (QED) is 0.244. The van der Waals surface area contributed by atoms with E-state index >= 15 is 0 Å². The van der Waals surface area contributed by atoms with Crippen molar-refractivity contribution in [3.05, 3.63) is 0 Å². The maximum atomic E-state index is 11.3. The Morgan fingerprint density at radius 1 is 0.963 bits per heavy atom. The van der Waals surface area contributed by atoms with Crippen LogP contribution >= 0.6 is 0 Å². The monoisotopic (exact) mass is 414 g/mol. The van der Waals surface area contributed by atoms with Gasteiger partial charge in [0.25, 0.3) is 0 Å². The third-order valence-corrected chi connectivity index (χ3v) is 4.58. The molecule has 4 unspecified atom stereocenters. The van der Waals surface area contributed by atoms with Crippen molar-refractivity contribution in [3.8, 4) is 0 Å². The number of carbonyl (C=O) groups is 3. The van der Waals surface area contributed by atoms with Gasteiger partial charge in [0.15, 0.2) is 0 Å². The van der Waals surface area contributed by atoms with Gasteiger partial charge >= 0.3 is 63.3 Å². The Bertz CT molecular complexity index is 458. The van der Waals surface area contributed by atoms with Gasteiger partial charge in [0.05, 0.1) is 12.1 Å². The minimum atomic E-state index is -1.31. The molecule has 0 fully saturated rings. The Morgan fingerprint density at radius 2 is 1.44 bits per heavy atom. The first-order valence-electron chi connectivity index (χ1n) is 8.87. The molecule has 0 spiro atoms. The summed E-state index contributed by atoms with van der Waals surface area (Å²) < 4.78 is 0. The second-order valence-corrected chi connectivity index (χ2v) is 6.55. The Morgan fingerprint density at radius 3 is 1.81 bits per heavy atom. The van der Waals surface area contributed by atoms with E-state index in [1.807, 2.05) is 6.92 Å². The van der Waals surface area contributed by atoms with E-state index in [-0.39, 0.29) is 71.0 Å². The zero-order chi connectivity index (χ0) is 20.4. The Labute approximate surface area is 203 Å².